The minimum absolute atomic E-state index is 0.127. The number of para-hydroxylation sites is 2. The third-order valence-corrected chi connectivity index (χ3v) is 5.13. The Kier molecular flexibility index (Phi) is 4.18. The maximum atomic E-state index is 13.3. The standard InChI is InChI=1S/C21H20N2O4/c1-3-14-12-22(17-10-6-7-11-18(17)27-14)19(24)13(2)23-20(25)15-8-4-5-9-16(15)21(23)26/h4-11,13-14H,3,12H2,1-2H3. The van der Waals surface area contributed by atoms with E-state index >= 15 is 0 Å². The number of carbonyl (C=O) groups excluding carboxylic acids is 3. The van der Waals surface area contributed by atoms with Crippen molar-refractivity contribution in [2.75, 3.05) is 11.4 Å². The fourth-order valence-electron chi connectivity index (χ4n) is 3.62. The summed E-state index contributed by atoms with van der Waals surface area (Å²) in [6, 6.07) is 13.1. The van der Waals surface area contributed by atoms with Crippen molar-refractivity contribution in [1.29, 1.82) is 0 Å². The summed E-state index contributed by atoms with van der Waals surface area (Å²) in [6.45, 7) is 3.98. The Labute approximate surface area is 157 Å². The molecule has 2 aromatic carbocycles. The van der Waals surface area contributed by atoms with E-state index in [4.69, 9.17) is 4.74 Å². The molecule has 27 heavy (non-hydrogen) atoms. The average molecular weight is 364 g/mol. The van der Waals surface area contributed by atoms with E-state index in [1.807, 2.05) is 31.2 Å². The van der Waals surface area contributed by atoms with E-state index in [0.717, 1.165) is 11.3 Å². The SMILES string of the molecule is CCC1CN(C(=O)C(C)N2C(=O)c3ccccc3C2=O)c2ccccc2O1. The Morgan fingerprint density at radius 2 is 1.67 bits per heavy atom. The molecule has 3 amide bonds. The van der Waals surface area contributed by atoms with Crippen molar-refractivity contribution in [3.63, 3.8) is 0 Å². The fourth-order valence-corrected chi connectivity index (χ4v) is 3.62. The molecule has 6 nitrogen and oxygen atoms in total. The summed E-state index contributed by atoms with van der Waals surface area (Å²) in [5, 5.41) is 0. The molecule has 2 unspecified atom stereocenters. The fraction of sp³-hybridized carbons (Fsp3) is 0.286. The summed E-state index contributed by atoms with van der Waals surface area (Å²) in [5.41, 5.74) is 1.35. The van der Waals surface area contributed by atoms with Crippen LogP contribution in [0.4, 0.5) is 5.69 Å². The first-order valence-electron chi connectivity index (χ1n) is 9.07. The summed E-state index contributed by atoms with van der Waals surface area (Å²) < 4.78 is 5.92. The second kappa shape index (κ2) is 6.54. The van der Waals surface area contributed by atoms with Gasteiger partial charge in [0.05, 0.1) is 23.4 Å². The lowest BCUT2D eigenvalue weighted by atomic mass is 10.1. The quantitative estimate of drug-likeness (QED) is 0.786. The topological polar surface area (TPSA) is 66.9 Å². The lowest BCUT2D eigenvalue weighted by Gasteiger charge is -2.37. The second-order valence-corrected chi connectivity index (χ2v) is 6.77. The number of amides is 3. The molecule has 138 valence electrons. The number of rotatable bonds is 3. The van der Waals surface area contributed by atoms with Gasteiger partial charge in [-0.2, -0.15) is 0 Å². The molecule has 4 rings (SSSR count). The molecule has 0 saturated carbocycles. The minimum atomic E-state index is -0.902. The van der Waals surface area contributed by atoms with Crippen molar-refractivity contribution in [3.8, 4) is 5.75 Å². The second-order valence-electron chi connectivity index (χ2n) is 6.77. The number of hydrogen-bond acceptors (Lipinski definition) is 4. The van der Waals surface area contributed by atoms with Crippen LogP contribution in [0.15, 0.2) is 48.5 Å². The van der Waals surface area contributed by atoms with Gasteiger partial charge in [0.15, 0.2) is 0 Å². The van der Waals surface area contributed by atoms with Crippen LogP contribution in [0.2, 0.25) is 0 Å². The highest BCUT2D eigenvalue weighted by Crippen LogP contribution is 2.35. The highest BCUT2D eigenvalue weighted by Gasteiger charge is 2.43. The summed E-state index contributed by atoms with van der Waals surface area (Å²) in [4.78, 5) is 41.4. The smallest absolute Gasteiger partial charge is 0.262 e. The Morgan fingerprint density at radius 3 is 2.30 bits per heavy atom. The zero-order chi connectivity index (χ0) is 19.1. The van der Waals surface area contributed by atoms with E-state index in [0.29, 0.717) is 29.1 Å². The van der Waals surface area contributed by atoms with Crippen LogP contribution in [-0.2, 0) is 4.79 Å². The average Bonchev–Trinajstić information content (AvgIpc) is 2.96. The third-order valence-electron chi connectivity index (χ3n) is 5.13. The van der Waals surface area contributed by atoms with Crippen LogP contribution in [0.1, 0.15) is 41.0 Å². The summed E-state index contributed by atoms with van der Waals surface area (Å²) in [7, 11) is 0. The predicted octanol–water partition coefficient (Wildman–Crippen LogP) is 2.88. The van der Waals surface area contributed by atoms with E-state index in [9.17, 15) is 14.4 Å². The first-order chi connectivity index (χ1) is 13.0. The zero-order valence-electron chi connectivity index (χ0n) is 15.2. The van der Waals surface area contributed by atoms with Crippen molar-refractivity contribution >= 4 is 23.4 Å². The summed E-state index contributed by atoms with van der Waals surface area (Å²) in [6.07, 6.45) is 0.623. The van der Waals surface area contributed by atoms with Crippen LogP contribution in [0, 0.1) is 0 Å². The van der Waals surface area contributed by atoms with Gasteiger partial charge in [-0.05, 0) is 37.6 Å². The molecule has 2 aromatic rings. The number of fused-ring (bicyclic) bond motifs is 2. The Morgan fingerprint density at radius 1 is 1.07 bits per heavy atom. The molecule has 0 spiro atoms. The van der Waals surface area contributed by atoms with E-state index in [2.05, 4.69) is 0 Å². The molecule has 2 atom stereocenters. The summed E-state index contributed by atoms with van der Waals surface area (Å²) in [5.74, 6) is -0.507. The van der Waals surface area contributed by atoms with Crippen LogP contribution < -0.4 is 9.64 Å². The Hall–Kier alpha value is -3.15. The first kappa shape index (κ1) is 17.3. The number of anilines is 1. The lowest BCUT2D eigenvalue weighted by molar-refractivity contribution is -0.122. The Balaban J connectivity index is 1.66. The molecule has 2 aliphatic rings. The molecule has 0 saturated heterocycles. The molecule has 6 heteroatoms. The highest BCUT2D eigenvalue weighted by molar-refractivity contribution is 6.23. The molecule has 0 aromatic heterocycles. The largest absolute Gasteiger partial charge is 0.486 e. The van der Waals surface area contributed by atoms with Crippen molar-refractivity contribution < 1.29 is 19.1 Å². The van der Waals surface area contributed by atoms with Gasteiger partial charge in [0.1, 0.15) is 17.9 Å². The van der Waals surface area contributed by atoms with Crippen LogP contribution in [-0.4, -0.2) is 41.3 Å². The van der Waals surface area contributed by atoms with Crippen LogP contribution in [0.5, 0.6) is 5.75 Å². The maximum absolute atomic E-state index is 13.3. The van der Waals surface area contributed by atoms with Gasteiger partial charge in [-0.15, -0.1) is 0 Å². The van der Waals surface area contributed by atoms with Gasteiger partial charge >= 0.3 is 0 Å². The number of carbonyl (C=O) groups is 3. The number of imide groups is 1. The van der Waals surface area contributed by atoms with Gasteiger partial charge in [0.25, 0.3) is 11.8 Å². The van der Waals surface area contributed by atoms with Gasteiger partial charge in [0, 0.05) is 0 Å². The molecule has 0 N–H and O–H groups in total. The van der Waals surface area contributed by atoms with Gasteiger partial charge in [0.2, 0.25) is 5.91 Å². The van der Waals surface area contributed by atoms with Crippen LogP contribution in [0.3, 0.4) is 0 Å². The maximum Gasteiger partial charge on any atom is 0.262 e. The summed E-state index contributed by atoms with van der Waals surface area (Å²) >= 11 is 0. The van der Waals surface area contributed by atoms with Gasteiger partial charge in [-0.25, -0.2) is 0 Å². The number of hydrogen-bond donors (Lipinski definition) is 0. The number of ether oxygens (including phenoxy) is 1. The molecule has 0 bridgehead atoms. The highest BCUT2D eigenvalue weighted by atomic mass is 16.5. The molecule has 2 aliphatic heterocycles. The molecule has 0 aliphatic carbocycles. The monoisotopic (exact) mass is 364 g/mol. The molecule has 0 radical (unpaired) electrons. The third kappa shape index (κ3) is 2.68. The number of benzene rings is 2. The van der Waals surface area contributed by atoms with Crippen molar-refractivity contribution in [2.45, 2.75) is 32.4 Å². The van der Waals surface area contributed by atoms with Gasteiger partial charge in [-0.3, -0.25) is 19.3 Å². The van der Waals surface area contributed by atoms with Crippen LogP contribution >= 0.6 is 0 Å². The molecular weight excluding hydrogens is 344 g/mol. The van der Waals surface area contributed by atoms with E-state index in [1.54, 1.807) is 36.1 Å². The molecule has 2 heterocycles. The predicted molar refractivity (Wildman–Crippen MR) is 99.9 cm³/mol. The Bertz CT molecular complexity index is 904. The van der Waals surface area contributed by atoms with E-state index in [-0.39, 0.29) is 12.0 Å². The normalized spacial score (nSPS) is 19.4. The van der Waals surface area contributed by atoms with Crippen molar-refractivity contribution in [2.24, 2.45) is 0 Å². The van der Waals surface area contributed by atoms with E-state index < -0.39 is 17.9 Å². The van der Waals surface area contributed by atoms with Gasteiger partial charge < -0.3 is 9.64 Å². The van der Waals surface area contributed by atoms with Crippen molar-refractivity contribution in [1.82, 2.24) is 4.90 Å². The van der Waals surface area contributed by atoms with Gasteiger partial charge in [-0.1, -0.05) is 31.2 Å². The minimum Gasteiger partial charge on any atom is -0.486 e. The first-order valence-corrected chi connectivity index (χ1v) is 9.07. The van der Waals surface area contributed by atoms with E-state index in [1.165, 1.54) is 0 Å². The molecular formula is C21H20N2O4. The lowest BCUT2D eigenvalue weighted by Crippen LogP contribution is -2.53. The zero-order valence-corrected chi connectivity index (χ0v) is 15.2. The van der Waals surface area contributed by atoms with Crippen LogP contribution in [0.25, 0.3) is 0 Å². The number of nitrogens with zero attached hydrogens (tertiary/aromatic N) is 2. The van der Waals surface area contributed by atoms with Crippen molar-refractivity contribution in [3.05, 3.63) is 59.7 Å². The molecule has 0 fully saturated rings.